The van der Waals surface area contributed by atoms with Gasteiger partial charge in [-0.2, -0.15) is 4.68 Å². The lowest BCUT2D eigenvalue weighted by atomic mass is 10.1. The Morgan fingerprint density at radius 3 is 2.63 bits per heavy atom. The first-order chi connectivity index (χ1) is 13.0. The van der Waals surface area contributed by atoms with Crippen molar-refractivity contribution in [2.24, 2.45) is 0 Å². The summed E-state index contributed by atoms with van der Waals surface area (Å²) in [5.74, 6) is -0.353. The average molecular weight is 391 g/mol. The van der Waals surface area contributed by atoms with Crippen LogP contribution in [0.4, 0.5) is 4.79 Å². The van der Waals surface area contributed by atoms with Crippen molar-refractivity contribution in [1.82, 2.24) is 30.8 Å². The normalized spacial score (nSPS) is 11.8. The number of benzene rings is 1. The molecule has 0 radical (unpaired) electrons. The molecule has 1 heterocycles. The van der Waals surface area contributed by atoms with Crippen LogP contribution in [0, 0.1) is 0 Å². The zero-order valence-electron chi connectivity index (χ0n) is 15.9. The van der Waals surface area contributed by atoms with Crippen LogP contribution in [-0.4, -0.2) is 43.9 Å². The molecule has 8 nitrogen and oxygen atoms in total. The Kier molecular flexibility index (Phi) is 8.25. The maximum atomic E-state index is 11.9. The van der Waals surface area contributed by atoms with Gasteiger partial charge in [0.25, 0.3) is 0 Å². The molecule has 0 unspecified atom stereocenters. The molecule has 0 aliphatic rings. The van der Waals surface area contributed by atoms with Crippen LogP contribution in [0.25, 0.3) is 5.69 Å². The van der Waals surface area contributed by atoms with Gasteiger partial charge in [0.1, 0.15) is 0 Å². The number of aryl methyl sites for hydroxylation is 1. The minimum Gasteiger partial charge on any atom is -0.335 e. The maximum absolute atomic E-state index is 11.9. The number of unbranched alkanes of at least 4 members (excludes halogenated alkanes) is 1. The first kappa shape index (κ1) is 20.9. The molecule has 1 aromatic carbocycles. The van der Waals surface area contributed by atoms with Gasteiger partial charge in [0, 0.05) is 6.04 Å². The molecule has 27 heavy (non-hydrogen) atoms. The van der Waals surface area contributed by atoms with Crippen molar-refractivity contribution in [2.75, 3.05) is 5.75 Å². The summed E-state index contributed by atoms with van der Waals surface area (Å²) in [7, 11) is 0. The molecule has 0 aliphatic heterocycles. The highest BCUT2D eigenvalue weighted by Gasteiger charge is 2.14. The number of carbonyl (C=O) groups is 2. The van der Waals surface area contributed by atoms with Crippen LogP contribution in [0.15, 0.2) is 29.4 Å². The van der Waals surface area contributed by atoms with Gasteiger partial charge in [-0.05, 0) is 54.3 Å². The quantitative estimate of drug-likeness (QED) is 0.638. The predicted octanol–water partition coefficient (Wildman–Crippen LogP) is 2.72. The Balaban J connectivity index is 1.91. The second kappa shape index (κ2) is 10.7. The summed E-state index contributed by atoms with van der Waals surface area (Å²) in [6.45, 7) is 6.00. The smallest absolute Gasteiger partial charge is 0.321 e. The first-order valence-electron chi connectivity index (χ1n) is 9.14. The molecule has 3 amide bonds. The van der Waals surface area contributed by atoms with Crippen molar-refractivity contribution in [1.29, 1.82) is 0 Å². The number of tetrazole rings is 1. The van der Waals surface area contributed by atoms with Crippen LogP contribution in [0.1, 0.15) is 45.6 Å². The molecular weight excluding hydrogens is 364 g/mol. The van der Waals surface area contributed by atoms with E-state index >= 15 is 0 Å². The lowest BCUT2D eigenvalue weighted by Crippen LogP contribution is -2.43. The van der Waals surface area contributed by atoms with Gasteiger partial charge in [-0.1, -0.05) is 44.2 Å². The molecule has 0 fully saturated rings. The highest BCUT2D eigenvalue weighted by molar-refractivity contribution is 7.99. The molecule has 0 saturated carbocycles. The molecule has 0 aliphatic carbocycles. The minimum atomic E-state index is -0.489. The topological polar surface area (TPSA) is 102 Å². The van der Waals surface area contributed by atoms with E-state index in [2.05, 4.69) is 45.2 Å². The summed E-state index contributed by atoms with van der Waals surface area (Å²) in [5, 5.41) is 17.1. The van der Waals surface area contributed by atoms with Gasteiger partial charge < -0.3 is 5.32 Å². The van der Waals surface area contributed by atoms with Crippen molar-refractivity contribution in [3.63, 3.8) is 0 Å². The molecule has 0 saturated heterocycles. The van der Waals surface area contributed by atoms with E-state index in [4.69, 9.17) is 0 Å². The number of carbonyl (C=O) groups excluding carboxylic acids is 2. The fourth-order valence-corrected chi connectivity index (χ4v) is 2.96. The van der Waals surface area contributed by atoms with E-state index < -0.39 is 11.9 Å². The average Bonchev–Trinajstić information content (AvgIpc) is 3.13. The first-order valence-corrected chi connectivity index (χ1v) is 10.1. The van der Waals surface area contributed by atoms with Gasteiger partial charge >= 0.3 is 6.03 Å². The van der Waals surface area contributed by atoms with E-state index in [-0.39, 0.29) is 11.8 Å². The van der Waals surface area contributed by atoms with E-state index in [1.54, 1.807) is 4.68 Å². The van der Waals surface area contributed by atoms with Gasteiger partial charge in [-0.15, -0.1) is 5.10 Å². The molecule has 0 spiro atoms. The monoisotopic (exact) mass is 390 g/mol. The Morgan fingerprint density at radius 2 is 1.96 bits per heavy atom. The number of nitrogens with zero attached hydrogens (tertiary/aromatic N) is 4. The van der Waals surface area contributed by atoms with E-state index in [9.17, 15) is 9.59 Å². The molecule has 9 heteroatoms. The second-order valence-corrected chi connectivity index (χ2v) is 7.21. The highest BCUT2D eigenvalue weighted by Crippen LogP contribution is 2.18. The molecule has 2 N–H and O–H groups in total. The number of rotatable bonds is 9. The Morgan fingerprint density at radius 1 is 1.22 bits per heavy atom. The fraction of sp³-hybridized carbons (Fsp3) is 0.500. The SMILES string of the molecule is CCCCc1ccc(-n2nnnc2SCC(=O)NC(=O)N[C@H](C)CC)cc1. The number of hydrogen-bond acceptors (Lipinski definition) is 6. The van der Waals surface area contributed by atoms with Crippen LogP contribution >= 0.6 is 11.8 Å². The Labute approximate surface area is 163 Å². The number of hydrogen-bond donors (Lipinski definition) is 2. The van der Waals surface area contributed by atoms with Crippen molar-refractivity contribution in [3.05, 3.63) is 29.8 Å². The Bertz CT molecular complexity index is 747. The summed E-state index contributed by atoms with van der Waals surface area (Å²) in [5.41, 5.74) is 2.10. The number of aromatic nitrogens is 4. The van der Waals surface area contributed by atoms with E-state index in [0.717, 1.165) is 31.4 Å². The third kappa shape index (κ3) is 6.67. The second-order valence-electron chi connectivity index (χ2n) is 6.26. The summed E-state index contributed by atoms with van der Waals surface area (Å²) in [6, 6.07) is 7.58. The van der Waals surface area contributed by atoms with Gasteiger partial charge in [0.05, 0.1) is 11.4 Å². The molecule has 146 valence electrons. The van der Waals surface area contributed by atoms with E-state index in [1.807, 2.05) is 26.0 Å². The van der Waals surface area contributed by atoms with Gasteiger partial charge in [0.15, 0.2) is 0 Å². The van der Waals surface area contributed by atoms with Crippen LogP contribution < -0.4 is 10.6 Å². The third-order valence-corrected chi connectivity index (χ3v) is 4.94. The largest absolute Gasteiger partial charge is 0.335 e. The van der Waals surface area contributed by atoms with Gasteiger partial charge in [-0.25, -0.2) is 4.79 Å². The van der Waals surface area contributed by atoms with Crippen molar-refractivity contribution < 1.29 is 9.59 Å². The van der Waals surface area contributed by atoms with Crippen molar-refractivity contribution in [2.45, 2.75) is 57.7 Å². The number of imide groups is 1. The van der Waals surface area contributed by atoms with Crippen LogP contribution in [0.5, 0.6) is 0 Å². The summed E-state index contributed by atoms with van der Waals surface area (Å²) in [4.78, 5) is 23.6. The molecule has 0 bridgehead atoms. The highest BCUT2D eigenvalue weighted by atomic mass is 32.2. The molecule has 1 atom stereocenters. The van der Waals surface area contributed by atoms with Crippen molar-refractivity contribution in [3.8, 4) is 5.69 Å². The summed E-state index contributed by atoms with van der Waals surface area (Å²) < 4.78 is 1.58. The number of thioether (sulfide) groups is 1. The lowest BCUT2D eigenvalue weighted by Gasteiger charge is -2.11. The number of amides is 3. The zero-order valence-corrected chi connectivity index (χ0v) is 16.8. The summed E-state index contributed by atoms with van der Waals surface area (Å²) >= 11 is 1.18. The minimum absolute atomic E-state index is 0.0121. The fourth-order valence-electron chi connectivity index (χ4n) is 2.27. The molecular formula is C18H26N6O2S. The van der Waals surface area contributed by atoms with Crippen molar-refractivity contribution >= 4 is 23.7 Å². The molecule has 2 rings (SSSR count). The molecule has 2 aromatic rings. The summed E-state index contributed by atoms with van der Waals surface area (Å²) in [6.07, 6.45) is 4.16. The van der Waals surface area contributed by atoms with Gasteiger partial charge in [0.2, 0.25) is 11.1 Å². The number of urea groups is 1. The number of nitrogens with one attached hydrogen (secondary N) is 2. The van der Waals surface area contributed by atoms with Crippen LogP contribution in [-0.2, 0) is 11.2 Å². The lowest BCUT2D eigenvalue weighted by molar-refractivity contribution is -0.117. The zero-order chi connectivity index (χ0) is 19.6. The van der Waals surface area contributed by atoms with Crippen LogP contribution in [0.2, 0.25) is 0 Å². The van der Waals surface area contributed by atoms with E-state index in [0.29, 0.717) is 5.16 Å². The van der Waals surface area contributed by atoms with Crippen LogP contribution in [0.3, 0.4) is 0 Å². The van der Waals surface area contributed by atoms with Gasteiger partial charge in [-0.3, -0.25) is 10.1 Å². The predicted molar refractivity (Wildman–Crippen MR) is 105 cm³/mol. The van der Waals surface area contributed by atoms with E-state index in [1.165, 1.54) is 17.3 Å². The standard InChI is InChI=1S/C18H26N6O2S/c1-4-6-7-14-8-10-15(11-9-14)24-18(21-22-23-24)27-12-16(25)20-17(26)19-13(3)5-2/h8-11,13H,4-7,12H2,1-3H3,(H2,19,20,25,26)/t13-/m1/s1. The molecule has 1 aromatic heterocycles. The third-order valence-electron chi connectivity index (χ3n) is 4.02. The Hall–Kier alpha value is -2.42. The maximum Gasteiger partial charge on any atom is 0.321 e.